The van der Waals surface area contributed by atoms with Crippen molar-refractivity contribution >= 4 is 49.4 Å². The highest BCUT2D eigenvalue weighted by Gasteiger charge is 2.16. The Labute approximate surface area is 127 Å². The predicted molar refractivity (Wildman–Crippen MR) is 86.2 cm³/mol. The van der Waals surface area contributed by atoms with E-state index in [0.717, 1.165) is 49.5 Å². The summed E-state index contributed by atoms with van der Waals surface area (Å²) in [5.41, 5.74) is 3.32. The number of hydrogen-bond acceptors (Lipinski definition) is 1. The molecule has 1 aromatic carbocycles. The maximum atomic E-state index is 12.6. The molecule has 2 nitrogen and oxygen atoms in total. The summed E-state index contributed by atoms with van der Waals surface area (Å²) in [6.07, 6.45) is 5.45. The number of aromatic nitrogens is 1. The van der Waals surface area contributed by atoms with E-state index < -0.39 is 0 Å². The van der Waals surface area contributed by atoms with Gasteiger partial charge in [-0.25, -0.2) is 0 Å². The van der Waals surface area contributed by atoms with Crippen molar-refractivity contribution in [3.05, 3.63) is 41.7 Å². The van der Waals surface area contributed by atoms with Crippen molar-refractivity contribution in [2.45, 2.75) is 32.1 Å². The molecule has 0 aliphatic heterocycles. The lowest BCUT2D eigenvalue weighted by molar-refractivity contribution is 0.708. The van der Waals surface area contributed by atoms with Crippen molar-refractivity contribution in [1.29, 1.82) is 0 Å². The minimum Gasteiger partial charge on any atom is -0.357 e. The van der Waals surface area contributed by atoms with Crippen molar-refractivity contribution in [2.24, 2.45) is 0 Å². The fourth-order valence-electron chi connectivity index (χ4n) is 2.66. The van der Waals surface area contributed by atoms with Gasteiger partial charge in [-0.15, -0.1) is 0 Å². The number of aromatic amines is 1. The number of aryl methyl sites for hydroxylation is 1. The Balaban J connectivity index is 2.38. The van der Waals surface area contributed by atoms with Crippen LogP contribution in [0.2, 0.25) is 0 Å². The van der Waals surface area contributed by atoms with E-state index in [4.69, 9.17) is 0 Å². The number of rotatable bonds is 0. The van der Waals surface area contributed by atoms with E-state index in [1.165, 1.54) is 12.8 Å². The summed E-state index contributed by atoms with van der Waals surface area (Å²) in [6.45, 7) is 0. The summed E-state index contributed by atoms with van der Waals surface area (Å²) in [5.74, 6) is 0. The van der Waals surface area contributed by atoms with Crippen LogP contribution in [0.3, 0.4) is 0 Å². The Morgan fingerprint density at radius 2 is 1.94 bits per heavy atom. The Morgan fingerprint density at radius 3 is 2.78 bits per heavy atom. The molecule has 0 fully saturated rings. The number of pyridine rings is 1. The Hall–Kier alpha value is -0.360. The Kier molecular flexibility index (Phi) is 3.49. The van der Waals surface area contributed by atoms with Crippen LogP contribution in [0, 0.1) is 3.57 Å². The van der Waals surface area contributed by atoms with Crippen LogP contribution < -0.4 is 5.43 Å². The second-order valence-corrected chi connectivity index (χ2v) is 6.88. The van der Waals surface area contributed by atoms with Crippen LogP contribution in [0.15, 0.2) is 21.4 Å². The normalized spacial score (nSPS) is 15.4. The smallest absolute Gasteiger partial charge is 0.192 e. The SMILES string of the molecule is O=c1c2c([nH]c3c(Br)cc(I)cc13)CCCCC2. The molecule has 3 rings (SSSR count). The minimum absolute atomic E-state index is 0.222. The number of halogens is 2. The average Bonchev–Trinajstić information content (AvgIpc) is 2.56. The summed E-state index contributed by atoms with van der Waals surface area (Å²) < 4.78 is 2.07. The second-order valence-electron chi connectivity index (χ2n) is 4.78. The predicted octanol–water partition coefficient (Wildman–Crippen LogP) is 4.16. The summed E-state index contributed by atoms with van der Waals surface area (Å²) in [4.78, 5) is 16.1. The van der Waals surface area contributed by atoms with Gasteiger partial charge < -0.3 is 4.98 Å². The zero-order chi connectivity index (χ0) is 12.7. The van der Waals surface area contributed by atoms with Crippen molar-refractivity contribution < 1.29 is 0 Å². The zero-order valence-corrected chi connectivity index (χ0v) is 13.6. The topological polar surface area (TPSA) is 32.9 Å². The van der Waals surface area contributed by atoms with Crippen LogP contribution >= 0.6 is 38.5 Å². The van der Waals surface area contributed by atoms with Gasteiger partial charge in [0.25, 0.3) is 0 Å². The first-order valence-electron chi connectivity index (χ1n) is 6.19. The van der Waals surface area contributed by atoms with Gasteiger partial charge in [0.05, 0.1) is 5.52 Å². The van der Waals surface area contributed by atoms with Gasteiger partial charge in [-0.2, -0.15) is 0 Å². The monoisotopic (exact) mass is 417 g/mol. The number of benzene rings is 1. The third-order valence-corrected chi connectivity index (χ3v) is 4.82. The first kappa shape index (κ1) is 12.7. The lowest BCUT2D eigenvalue weighted by atomic mass is 10.0. The van der Waals surface area contributed by atoms with Gasteiger partial charge in [-0.05, 0) is 76.3 Å². The summed E-state index contributed by atoms with van der Waals surface area (Å²) in [6, 6.07) is 4.02. The fourth-order valence-corrected chi connectivity index (χ4v) is 4.27. The van der Waals surface area contributed by atoms with E-state index in [1.807, 2.05) is 12.1 Å². The van der Waals surface area contributed by atoms with Crippen molar-refractivity contribution in [1.82, 2.24) is 4.98 Å². The molecule has 0 atom stereocenters. The molecule has 0 spiro atoms. The van der Waals surface area contributed by atoms with Gasteiger partial charge in [-0.3, -0.25) is 4.79 Å². The lowest BCUT2D eigenvalue weighted by Crippen LogP contribution is -2.14. The molecule has 1 aliphatic rings. The van der Waals surface area contributed by atoms with Crippen molar-refractivity contribution in [2.75, 3.05) is 0 Å². The third kappa shape index (κ3) is 2.13. The summed E-state index contributed by atoms with van der Waals surface area (Å²) >= 11 is 5.81. The van der Waals surface area contributed by atoms with Crippen LogP contribution in [-0.4, -0.2) is 4.98 Å². The van der Waals surface area contributed by atoms with Crippen LogP contribution in [-0.2, 0) is 12.8 Å². The van der Waals surface area contributed by atoms with Gasteiger partial charge in [0.2, 0.25) is 0 Å². The maximum absolute atomic E-state index is 12.6. The summed E-state index contributed by atoms with van der Waals surface area (Å²) in [7, 11) is 0. The quantitative estimate of drug-likeness (QED) is 0.506. The number of nitrogens with one attached hydrogen (secondary N) is 1. The molecule has 1 N–H and O–H groups in total. The average molecular weight is 418 g/mol. The van der Waals surface area contributed by atoms with Crippen LogP contribution in [0.4, 0.5) is 0 Å². The highest BCUT2D eigenvalue weighted by Crippen LogP contribution is 2.26. The molecule has 18 heavy (non-hydrogen) atoms. The number of H-pyrrole nitrogens is 1. The first-order valence-corrected chi connectivity index (χ1v) is 8.07. The Bertz CT molecular complexity index is 678. The molecule has 0 unspecified atom stereocenters. The molecular formula is C14H13BrINO. The first-order chi connectivity index (χ1) is 8.66. The second kappa shape index (κ2) is 4.96. The van der Waals surface area contributed by atoms with Gasteiger partial charge >= 0.3 is 0 Å². The molecule has 0 saturated heterocycles. The van der Waals surface area contributed by atoms with E-state index in [9.17, 15) is 4.79 Å². The molecule has 0 radical (unpaired) electrons. The van der Waals surface area contributed by atoms with Gasteiger partial charge in [0, 0.05) is 24.7 Å². The highest BCUT2D eigenvalue weighted by molar-refractivity contribution is 14.1. The molecule has 2 aromatic rings. The number of hydrogen-bond donors (Lipinski definition) is 1. The van der Waals surface area contributed by atoms with E-state index in [-0.39, 0.29) is 5.43 Å². The van der Waals surface area contributed by atoms with Gasteiger partial charge in [0.15, 0.2) is 5.43 Å². The van der Waals surface area contributed by atoms with Crippen LogP contribution in [0.25, 0.3) is 10.9 Å². The fraction of sp³-hybridized carbons (Fsp3) is 0.357. The molecule has 1 aliphatic carbocycles. The molecule has 1 heterocycles. The van der Waals surface area contributed by atoms with Crippen LogP contribution in [0.1, 0.15) is 30.5 Å². The molecule has 0 amide bonds. The minimum atomic E-state index is 0.222. The standard InChI is InChI=1S/C14H13BrINO/c15-11-7-8(16)6-10-13(11)17-12-5-3-1-2-4-9(12)14(10)18/h6-7H,1-5H2,(H,17,18). The molecule has 0 saturated carbocycles. The highest BCUT2D eigenvalue weighted by atomic mass is 127. The van der Waals surface area contributed by atoms with Crippen molar-refractivity contribution in [3.63, 3.8) is 0 Å². The largest absolute Gasteiger partial charge is 0.357 e. The Morgan fingerprint density at radius 1 is 1.17 bits per heavy atom. The van der Waals surface area contributed by atoms with E-state index >= 15 is 0 Å². The van der Waals surface area contributed by atoms with Gasteiger partial charge in [-0.1, -0.05) is 6.42 Å². The van der Waals surface area contributed by atoms with E-state index in [0.29, 0.717) is 0 Å². The third-order valence-electron chi connectivity index (χ3n) is 3.57. The zero-order valence-electron chi connectivity index (χ0n) is 9.85. The summed E-state index contributed by atoms with van der Waals surface area (Å²) in [5, 5.41) is 0.814. The van der Waals surface area contributed by atoms with E-state index in [1.54, 1.807) is 0 Å². The lowest BCUT2D eigenvalue weighted by Gasteiger charge is -2.09. The van der Waals surface area contributed by atoms with E-state index in [2.05, 4.69) is 43.5 Å². The van der Waals surface area contributed by atoms with Crippen LogP contribution in [0.5, 0.6) is 0 Å². The molecule has 94 valence electrons. The molecule has 0 bridgehead atoms. The number of fused-ring (bicyclic) bond motifs is 2. The molecular weight excluding hydrogens is 405 g/mol. The maximum Gasteiger partial charge on any atom is 0.192 e. The van der Waals surface area contributed by atoms with Crippen molar-refractivity contribution in [3.8, 4) is 0 Å². The molecule has 4 heteroatoms. The molecule has 1 aromatic heterocycles. The van der Waals surface area contributed by atoms with Gasteiger partial charge in [0.1, 0.15) is 0 Å².